The summed E-state index contributed by atoms with van der Waals surface area (Å²) >= 11 is 6.50. The third-order valence-electron chi connectivity index (χ3n) is 2.26. The maximum atomic E-state index is 11.0. The highest BCUT2D eigenvalue weighted by Gasteiger charge is 2.24. The Labute approximate surface area is 226 Å². The molecule has 0 unspecified atom stereocenters. The van der Waals surface area contributed by atoms with Crippen molar-refractivity contribution in [1.82, 2.24) is 5.32 Å². The molecule has 0 heterocycles. The van der Waals surface area contributed by atoms with Crippen LogP contribution in [0.25, 0.3) is 0 Å². The van der Waals surface area contributed by atoms with Gasteiger partial charge in [0, 0.05) is 17.2 Å². The zero-order chi connectivity index (χ0) is 26.0. The largest absolute Gasteiger partial charge is 0.519 e. The lowest BCUT2D eigenvalue weighted by Crippen LogP contribution is -2.33. The summed E-state index contributed by atoms with van der Waals surface area (Å²) in [4.78, 5) is 33.0. The molecule has 0 aliphatic rings. The number of halogens is 3. The van der Waals surface area contributed by atoms with Gasteiger partial charge in [-0.05, 0) is 81.7 Å². The third kappa shape index (κ3) is 42.1. The lowest BCUT2D eigenvalue weighted by atomic mass is 10.2. The molecular weight excluding hydrogens is 632 g/mol. The summed E-state index contributed by atoms with van der Waals surface area (Å²) in [7, 11) is 0. The van der Waals surface area contributed by atoms with Crippen LogP contribution in [0, 0.1) is 0 Å². The molecule has 0 aromatic rings. The van der Waals surface area contributed by atoms with Gasteiger partial charge in [0.15, 0.2) is 0 Å². The highest BCUT2D eigenvalue weighted by atomic mass is 79.9. The molecule has 9 nitrogen and oxygen atoms in total. The standard InChI is InChI=1S/C10H18O5.C8H16BrNO2.C3H8BrN.BrH/c1-9(2,3)14-7(11)13-8(12)15-10(4,5)6;1-8(2,3)12-7(11)10-6-4-5-9;4-2-1-3-5;/h1-6H3;4-6H2,1-3H3,(H,10,11);1-3,5H2;1H. The lowest BCUT2D eigenvalue weighted by Gasteiger charge is -2.20. The summed E-state index contributed by atoms with van der Waals surface area (Å²) in [6.45, 7) is 17.0. The second-order valence-electron chi connectivity index (χ2n) is 9.33. The van der Waals surface area contributed by atoms with Crippen molar-refractivity contribution in [3.8, 4) is 0 Å². The van der Waals surface area contributed by atoms with E-state index in [1.807, 2.05) is 20.8 Å². The average molecular weight is 675 g/mol. The first kappa shape index (κ1) is 39.6. The highest BCUT2D eigenvalue weighted by molar-refractivity contribution is 9.09. The molecule has 33 heavy (non-hydrogen) atoms. The van der Waals surface area contributed by atoms with Crippen LogP contribution >= 0.6 is 48.8 Å². The second-order valence-corrected chi connectivity index (χ2v) is 10.9. The molecule has 0 rings (SSSR count). The summed E-state index contributed by atoms with van der Waals surface area (Å²) in [5, 5.41) is 4.57. The minimum atomic E-state index is -1.06. The van der Waals surface area contributed by atoms with Crippen molar-refractivity contribution >= 4 is 67.2 Å². The van der Waals surface area contributed by atoms with Crippen LogP contribution in [0.2, 0.25) is 0 Å². The van der Waals surface area contributed by atoms with Crippen molar-refractivity contribution in [3.05, 3.63) is 0 Å². The SMILES string of the molecule is Br.CC(C)(C)OC(=O)NCCCBr.CC(C)(C)OC(=O)OC(=O)OC(C)(C)C.NCCCBr. The Morgan fingerprint density at radius 2 is 1.09 bits per heavy atom. The Bertz CT molecular complexity index is 501. The number of ether oxygens (including phenoxy) is 4. The number of amides is 1. The summed E-state index contributed by atoms with van der Waals surface area (Å²) in [5.74, 6) is 0. The number of hydrogen-bond donors (Lipinski definition) is 2. The predicted octanol–water partition coefficient (Wildman–Crippen LogP) is 6.48. The molecule has 200 valence electrons. The number of carbonyl (C=O) groups excluding carboxylic acids is 3. The highest BCUT2D eigenvalue weighted by Crippen LogP contribution is 2.11. The maximum Gasteiger partial charge on any atom is 0.519 e. The fraction of sp³-hybridized carbons (Fsp3) is 0.857. The van der Waals surface area contributed by atoms with Crippen LogP contribution in [0.1, 0.15) is 75.2 Å². The number of hydrogen-bond acceptors (Lipinski definition) is 8. The summed E-state index contributed by atoms with van der Waals surface area (Å²) in [6, 6.07) is 0. The summed E-state index contributed by atoms with van der Waals surface area (Å²) < 4.78 is 18.8. The quantitative estimate of drug-likeness (QED) is 0.112. The second kappa shape index (κ2) is 20.8. The fourth-order valence-electron chi connectivity index (χ4n) is 1.26. The molecule has 0 aliphatic carbocycles. The number of nitrogens with one attached hydrogen (secondary N) is 1. The van der Waals surface area contributed by atoms with Crippen LogP contribution in [0.3, 0.4) is 0 Å². The van der Waals surface area contributed by atoms with Crippen molar-refractivity contribution in [2.24, 2.45) is 5.73 Å². The number of nitrogens with two attached hydrogens (primary N) is 1. The van der Waals surface area contributed by atoms with E-state index in [4.69, 9.17) is 19.9 Å². The van der Waals surface area contributed by atoms with Gasteiger partial charge < -0.3 is 30.0 Å². The smallest absolute Gasteiger partial charge is 0.444 e. The van der Waals surface area contributed by atoms with Gasteiger partial charge in [0.1, 0.15) is 16.8 Å². The van der Waals surface area contributed by atoms with Crippen molar-refractivity contribution in [2.75, 3.05) is 23.7 Å². The molecule has 0 bridgehead atoms. The molecular formula is C21H43Br3N2O7. The molecule has 0 fully saturated rings. The molecule has 0 saturated heterocycles. The maximum absolute atomic E-state index is 11.0. The minimum Gasteiger partial charge on any atom is -0.444 e. The molecule has 0 aliphatic heterocycles. The number of carbonyl (C=O) groups is 3. The van der Waals surface area contributed by atoms with Crippen LogP contribution in [0.5, 0.6) is 0 Å². The Morgan fingerprint density at radius 3 is 1.33 bits per heavy atom. The van der Waals surface area contributed by atoms with Gasteiger partial charge in [-0.1, -0.05) is 31.9 Å². The number of alkyl carbamates (subject to hydrolysis) is 1. The van der Waals surface area contributed by atoms with E-state index in [0.29, 0.717) is 6.54 Å². The van der Waals surface area contributed by atoms with Crippen LogP contribution in [0.4, 0.5) is 14.4 Å². The number of alkyl halides is 2. The lowest BCUT2D eigenvalue weighted by molar-refractivity contribution is -0.0294. The van der Waals surface area contributed by atoms with E-state index in [1.54, 1.807) is 41.5 Å². The van der Waals surface area contributed by atoms with Crippen LogP contribution < -0.4 is 11.1 Å². The van der Waals surface area contributed by atoms with Gasteiger partial charge in [-0.2, -0.15) is 0 Å². The van der Waals surface area contributed by atoms with Gasteiger partial charge in [0.25, 0.3) is 0 Å². The molecule has 0 atom stereocenters. The topological polar surface area (TPSA) is 126 Å². The van der Waals surface area contributed by atoms with Crippen molar-refractivity contribution < 1.29 is 33.3 Å². The van der Waals surface area contributed by atoms with Crippen molar-refractivity contribution in [2.45, 2.75) is 92.0 Å². The van der Waals surface area contributed by atoms with E-state index in [9.17, 15) is 14.4 Å². The van der Waals surface area contributed by atoms with Crippen LogP contribution in [-0.2, 0) is 18.9 Å². The van der Waals surface area contributed by atoms with Gasteiger partial charge in [0.2, 0.25) is 0 Å². The molecule has 0 radical (unpaired) electrons. The first-order valence-electron chi connectivity index (χ1n) is 10.3. The minimum absolute atomic E-state index is 0. The third-order valence-corrected chi connectivity index (χ3v) is 3.38. The fourth-order valence-corrected chi connectivity index (χ4v) is 1.86. The van der Waals surface area contributed by atoms with Crippen LogP contribution in [0.15, 0.2) is 0 Å². The normalized spacial score (nSPS) is 10.7. The summed E-state index contributed by atoms with van der Waals surface area (Å²) in [5.41, 5.74) is 3.31. The number of rotatable bonds is 5. The first-order valence-corrected chi connectivity index (χ1v) is 12.5. The van der Waals surface area contributed by atoms with Crippen molar-refractivity contribution in [1.29, 1.82) is 0 Å². The van der Waals surface area contributed by atoms with E-state index in [0.717, 1.165) is 30.0 Å². The van der Waals surface area contributed by atoms with E-state index in [1.165, 1.54) is 0 Å². The van der Waals surface area contributed by atoms with Gasteiger partial charge in [-0.25, -0.2) is 14.4 Å². The van der Waals surface area contributed by atoms with Gasteiger partial charge >= 0.3 is 18.4 Å². The van der Waals surface area contributed by atoms with E-state index in [-0.39, 0.29) is 23.1 Å². The Hall–Kier alpha value is -0.590. The van der Waals surface area contributed by atoms with E-state index >= 15 is 0 Å². The molecule has 12 heteroatoms. The monoisotopic (exact) mass is 672 g/mol. The zero-order valence-corrected chi connectivity index (χ0v) is 26.2. The molecule has 1 amide bonds. The molecule has 3 N–H and O–H groups in total. The molecule has 0 spiro atoms. The molecule has 0 aromatic heterocycles. The van der Waals surface area contributed by atoms with Gasteiger partial charge in [0.05, 0.1) is 0 Å². The predicted molar refractivity (Wildman–Crippen MR) is 144 cm³/mol. The first-order chi connectivity index (χ1) is 14.4. The Balaban J connectivity index is -0.000000209. The van der Waals surface area contributed by atoms with Gasteiger partial charge in [-0.15, -0.1) is 17.0 Å². The molecule has 0 aromatic carbocycles. The zero-order valence-electron chi connectivity index (χ0n) is 21.3. The van der Waals surface area contributed by atoms with Crippen molar-refractivity contribution in [3.63, 3.8) is 0 Å². The Kier molecular flexibility index (Phi) is 24.9. The average Bonchev–Trinajstić information content (AvgIpc) is 2.51. The molecule has 0 saturated carbocycles. The van der Waals surface area contributed by atoms with Gasteiger partial charge in [-0.3, -0.25) is 0 Å². The summed E-state index contributed by atoms with van der Waals surface area (Å²) in [6.07, 6.45) is -0.462. The van der Waals surface area contributed by atoms with E-state index < -0.39 is 29.1 Å². The van der Waals surface area contributed by atoms with E-state index in [2.05, 4.69) is 41.9 Å². The van der Waals surface area contributed by atoms with Crippen LogP contribution in [-0.4, -0.2) is 59.0 Å². The Morgan fingerprint density at radius 1 is 0.727 bits per heavy atom.